The molecule has 86 valence electrons. The van der Waals surface area contributed by atoms with Gasteiger partial charge in [-0.2, -0.15) is 0 Å². The number of piperidine rings is 1. The lowest BCUT2D eigenvalue weighted by atomic mass is 9.99. The highest BCUT2D eigenvalue weighted by atomic mass is 32.1. The maximum Gasteiger partial charge on any atom is 0.256 e. The van der Waals surface area contributed by atoms with Gasteiger partial charge in [-0.15, -0.1) is 0 Å². The minimum absolute atomic E-state index is 0.0637. The first-order valence-electron chi connectivity index (χ1n) is 5.65. The van der Waals surface area contributed by atoms with Crippen molar-refractivity contribution in [2.75, 3.05) is 13.1 Å². The van der Waals surface area contributed by atoms with Crippen LogP contribution in [-0.4, -0.2) is 28.9 Å². The molecule has 1 aromatic heterocycles. The van der Waals surface area contributed by atoms with Gasteiger partial charge in [0.25, 0.3) is 5.91 Å². The fourth-order valence-electron chi connectivity index (χ4n) is 1.97. The van der Waals surface area contributed by atoms with Gasteiger partial charge < -0.3 is 9.88 Å². The van der Waals surface area contributed by atoms with Crippen LogP contribution in [0, 0.1) is 10.6 Å². The Morgan fingerprint density at radius 1 is 1.50 bits per heavy atom. The molecule has 1 N–H and O–H groups in total. The number of carbonyl (C=O) groups is 1. The van der Waals surface area contributed by atoms with E-state index in [2.05, 4.69) is 11.9 Å². The van der Waals surface area contributed by atoms with Gasteiger partial charge in [0.2, 0.25) is 0 Å². The number of carbonyl (C=O) groups excluding carboxylic acids is 1. The Labute approximate surface area is 100 Å². The molecule has 0 radical (unpaired) electrons. The number of hydrogen-bond donors (Lipinski definition) is 1. The van der Waals surface area contributed by atoms with Crippen LogP contribution in [0.15, 0.2) is 18.3 Å². The number of aromatic amines is 1. The van der Waals surface area contributed by atoms with Gasteiger partial charge in [-0.25, -0.2) is 0 Å². The molecule has 0 unspecified atom stereocenters. The molecule has 2 rings (SSSR count). The van der Waals surface area contributed by atoms with E-state index in [0.717, 1.165) is 31.8 Å². The summed E-state index contributed by atoms with van der Waals surface area (Å²) in [4.78, 5) is 17.0. The second kappa shape index (κ2) is 4.78. The van der Waals surface area contributed by atoms with Gasteiger partial charge in [0, 0.05) is 19.3 Å². The predicted octanol–water partition coefficient (Wildman–Crippen LogP) is 2.62. The molecule has 4 heteroatoms. The van der Waals surface area contributed by atoms with Crippen molar-refractivity contribution < 1.29 is 4.79 Å². The maximum atomic E-state index is 12.2. The molecule has 16 heavy (non-hydrogen) atoms. The summed E-state index contributed by atoms with van der Waals surface area (Å²) in [7, 11) is 0. The van der Waals surface area contributed by atoms with Crippen molar-refractivity contribution in [2.45, 2.75) is 19.8 Å². The number of amides is 1. The number of hydrogen-bond acceptors (Lipinski definition) is 2. The molecule has 0 saturated carbocycles. The number of H-pyrrole nitrogens is 1. The van der Waals surface area contributed by atoms with Gasteiger partial charge >= 0.3 is 0 Å². The quantitative estimate of drug-likeness (QED) is 0.761. The molecule has 0 aliphatic carbocycles. The minimum Gasteiger partial charge on any atom is -0.352 e. The largest absolute Gasteiger partial charge is 0.352 e. The molecule has 0 bridgehead atoms. The highest BCUT2D eigenvalue weighted by Crippen LogP contribution is 2.18. The molecule has 1 aliphatic heterocycles. The normalized spacial score (nSPS) is 17.4. The molecule has 1 saturated heterocycles. The molecule has 1 fully saturated rings. The third-order valence-corrected chi connectivity index (χ3v) is 3.46. The zero-order chi connectivity index (χ0) is 11.5. The second-order valence-electron chi connectivity index (χ2n) is 4.39. The van der Waals surface area contributed by atoms with E-state index in [0.29, 0.717) is 10.2 Å². The molecule has 0 atom stereocenters. The van der Waals surface area contributed by atoms with Crippen LogP contribution >= 0.6 is 12.2 Å². The van der Waals surface area contributed by atoms with Crippen LogP contribution in [0.1, 0.15) is 30.1 Å². The number of nitrogens with zero attached hydrogens (tertiary/aromatic N) is 1. The van der Waals surface area contributed by atoms with E-state index in [1.807, 2.05) is 11.0 Å². The third-order valence-electron chi connectivity index (χ3n) is 3.12. The Balaban J connectivity index is 2.14. The standard InChI is InChI=1S/C12H16N2OS/c1-9-4-7-14(8-5-9)12(15)10-3-2-6-13-11(10)16/h2-3,6,9H,4-5,7-8H2,1H3,(H,13,16). The van der Waals surface area contributed by atoms with Crippen molar-refractivity contribution in [3.63, 3.8) is 0 Å². The average Bonchev–Trinajstić information content (AvgIpc) is 2.30. The van der Waals surface area contributed by atoms with E-state index in [9.17, 15) is 4.79 Å². The summed E-state index contributed by atoms with van der Waals surface area (Å²) in [5.74, 6) is 0.795. The van der Waals surface area contributed by atoms with E-state index in [1.54, 1.807) is 12.3 Å². The van der Waals surface area contributed by atoms with Gasteiger partial charge in [0.15, 0.2) is 0 Å². The average molecular weight is 236 g/mol. The number of aromatic nitrogens is 1. The Kier molecular flexibility index (Phi) is 3.39. The Morgan fingerprint density at radius 2 is 2.19 bits per heavy atom. The lowest BCUT2D eigenvalue weighted by molar-refractivity contribution is 0.0696. The molecule has 1 amide bonds. The first-order valence-corrected chi connectivity index (χ1v) is 6.06. The Morgan fingerprint density at radius 3 is 2.81 bits per heavy atom. The molecular formula is C12H16N2OS. The topological polar surface area (TPSA) is 36.1 Å². The highest BCUT2D eigenvalue weighted by Gasteiger charge is 2.21. The van der Waals surface area contributed by atoms with Crippen LogP contribution < -0.4 is 0 Å². The van der Waals surface area contributed by atoms with Gasteiger partial charge in [0.05, 0.1) is 5.56 Å². The minimum atomic E-state index is 0.0637. The lowest BCUT2D eigenvalue weighted by Gasteiger charge is -2.30. The van der Waals surface area contributed by atoms with Crippen LogP contribution in [0.25, 0.3) is 0 Å². The summed E-state index contributed by atoms with van der Waals surface area (Å²) in [6.07, 6.45) is 3.93. The smallest absolute Gasteiger partial charge is 0.256 e. The van der Waals surface area contributed by atoms with Gasteiger partial charge in [-0.05, 0) is 30.9 Å². The molecule has 1 aromatic rings. The first kappa shape index (κ1) is 11.3. The van der Waals surface area contributed by atoms with E-state index in [-0.39, 0.29) is 5.91 Å². The van der Waals surface area contributed by atoms with E-state index < -0.39 is 0 Å². The molecule has 3 nitrogen and oxygen atoms in total. The van der Waals surface area contributed by atoms with Crippen molar-refractivity contribution in [2.24, 2.45) is 5.92 Å². The zero-order valence-electron chi connectivity index (χ0n) is 9.40. The van der Waals surface area contributed by atoms with Crippen molar-refractivity contribution in [3.8, 4) is 0 Å². The second-order valence-corrected chi connectivity index (χ2v) is 4.80. The van der Waals surface area contributed by atoms with Gasteiger partial charge in [-0.1, -0.05) is 19.1 Å². The summed E-state index contributed by atoms with van der Waals surface area (Å²) in [5.41, 5.74) is 0.618. The summed E-state index contributed by atoms with van der Waals surface area (Å²) in [5, 5.41) is 0. The molecule has 1 aliphatic rings. The highest BCUT2D eigenvalue weighted by molar-refractivity contribution is 7.71. The monoisotopic (exact) mass is 236 g/mol. The summed E-state index contributed by atoms with van der Waals surface area (Å²) in [6.45, 7) is 3.93. The Bertz CT molecular complexity index is 433. The maximum absolute atomic E-state index is 12.2. The van der Waals surface area contributed by atoms with Gasteiger partial charge in [-0.3, -0.25) is 4.79 Å². The van der Waals surface area contributed by atoms with Crippen LogP contribution in [0.3, 0.4) is 0 Å². The molecule has 0 aromatic carbocycles. The molecular weight excluding hydrogens is 220 g/mol. The van der Waals surface area contributed by atoms with Crippen molar-refractivity contribution >= 4 is 18.1 Å². The van der Waals surface area contributed by atoms with Crippen molar-refractivity contribution in [1.29, 1.82) is 0 Å². The molecule has 0 spiro atoms. The number of nitrogens with one attached hydrogen (secondary N) is 1. The van der Waals surface area contributed by atoms with Crippen molar-refractivity contribution in [3.05, 3.63) is 28.5 Å². The predicted molar refractivity (Wildman–Crippen MR) is 65.9 cm³/mol. The number of pyridine rings is 1. The van der Waals surface area contributed by atoms with E-state index in [4.69, 9.17) is 12.2 Å². The van der Waals surface area contributed by atoms with E-state index in [1.165, 1.54) is 0 Å². The van der Waals surface area contributed by atoms with Crippen LogP contribution in [0.5, 0.6) is 0 Å². The summed E-state index contributed by atoms with van der Waals surface area (Å²) >= 11 is 5.12. The fraction of sp³-hybridized carbons (Fsp3) is 0.500. The number of likely N-dealkylation sites (tertiary alicyclic amines) is 1. The summed E-state index contributed by atoms with van der Waals surface area (Å²) in [6, 6.07) is 3.61. The van der Waals surface area contributed by atoms with Crippen LogP contribution in [0.2, 0.25) is 0 Å². The number of rotatable bonds is 1. The fourth-order valence-corrected chi connectivity index (χ4v) is 2.20. The lowest BCUT2D eigenvalue weighted by Crippen LogP contribution is -2.38. The third kappa shape index (κ3) is 2.32. The molecule has 2 heterocycles. The zero-order valence-corrected chi connectivity index (χ0v) is 10.2. The van der Waals surface area contributed by atoms with Gasteiger partial charge in [0.1, 0.15) is 4.64 Å². The Hall–Kier alpha value is -1.16. The van der Waals surface area contributed by atoms with Crippen LogP contribution in [0.4, 0.5) is 0 Å². The van der Waals surface area contributed by atoms with Crippen molar-refractivity contribution in [1.82, 2.24) is 9.88 Å². The van der Waals surface area contributed by atoms with E-state index >= 15 is 0 Å². The first-order chi connectivity index (χ1) is 7.68. The summed E-state index contributed by atoms with van der Waals surface area (Å²) < 4.78 is 0.533. The van der Waals surface area contributed by atoms with Crippen LogP contribution in [-0.2, 0) is 0 Å². The SMILES string of the molecule is CC1CCN(C(=O)c2ccc[nH]c2=S)CC1.